The fourth-order valence-corrected chi connectivity index (χ4v) is 2.24. The van der Waals surface area contributed by atoms with Crippen molar-refractivity contribution in [1.82, 2.24) is 4.90 Å². The summed E-state index contributed by atoms with van der Waals surface area (Å²) in [6.45, 7) is 8.34. The molecular formula is C12H24N2O. The van der Waals surface area contributed by atoms with Crippen LogP contribution in [0.25, 0.3) is 0 Å². The van der Waals surface area contributed by atoms with Gasteiger partial charge in [-0.15, -0.1) is 0 Å². The maximum absolute atomic E-state index is 6.33. The van der Waals surface area contributed by atoms with Crippen molar-refractivity contribution in [1.29, 1.82) is 0 Å². The van der Waals surface area contributed by atoms with E-state index in [0.717, 1.165) is 32.1 Å². The molecule has 15 heavy (non-hydrogen) atoms. The van der Waals surface area contributed by atoms with Crippen LogP contribution >= 0.6 is 0 Å². The molecule has 0 radical (unpaired) electrons. The van der Waals surface area contributed by atoms with Gasteiger partial charge in [-0.05, 0) is 39.0 Å². The molecule has 88 valence electrons. The topological polar surface area (TPSA) is 38.5 Å². The van der Waals surface area contributed by atoms with Crippen LogP contribution in [0.1, 0.15) is 33.1 Å². The minimum Gasteiger partial charge on any atom is -0.379 e. The van der Waals surface area contributed by atoms with Crippen LogP contribution < -0.4 is 5.73 Å². The summed E-state index contributed by atoms with van der Waals surface area (Å²) >= 11 is 0. The van der Waals surface area contributed by atoms with E-state index in [4.69, 9.17) is 10.5 Å². The normalized spacial score (nSPS) is 31.8. The number of nitrogens with two attached hydrogens (primary N) is 1. The molecule has 1 saturated heterocycles. The number of hydrogen-bond donors (Lipinski definition) is 1. The summed E-state index contributed by atoms with van der Waals surface area (Å²) in [5, 5.41) is 0. The van der Waals surface area contributed by atoms with Crippen molar-refractivity contribution in [3.8, 4) is 0 Å². The third-order valence-corrected chi connectivity index (χ3v) is 3.57. The first-order valence-electron chi connectivity index (χ1n) is 6.20. The lowest BCUT2D eigenvalue weighted by Crippen LogP contribution is -2.53. The van der Waals surface area contributed by atoms with Gasteiger partial charge in [0.25, 0.3) is 0 Å². The van der Waals surface area contributed by atoms with Crippen molar-refractivity contribution in [3.63, 3.8) is 0 Å². The van der Waals surface area contributed by atoms with E-state index in [1.54, 1.807) is 0 Å². The molecule has 3 heteroatoms. The van der Waals surface area contributed by atoms with E-state index < -0.39 is 0 Å². The van der Waals surface area contributed by atoms with Gasteiger partial charge in [0.1, 0.15) is 0 Å². The molecule has 1 saturated carbocycles. The number of nitrogens with zero attached hydrogens (tertiary/aromatic N) is 1. The average molecular weight is 212 g/mol. The van der Waals surface area contributed by atoms with Crippen molar-refractivity contribution in [2.75, 3.05) is 26.3 Å². The highest BCUT2D eigenvalue weighted by molar-refractivity contribution is 4.93. The average Bonchev–Trinajstić information content (AvgIpc) is 2.87. The second kappa shape index (κ2) is 4.40. The standard InChI is InChI=1S/C12H24N2O/c1-10(2)14(7-11-3-4-11)8-12(13)5-6-15-9-12/h10-11H,3-9,13H2,1-2H3. The molecule has 0 bridgehead atoms. The molecule has 1 aliphatic carbocycles. The van der Waals surface area contributed by atoms with Crippen molar-refractivity contribution in [3.05, 3.63) is 0 Å². The van der Waals surface area contributed by atoms with Gasteiger partial charge in [0.05, 0.1) is 12.1 Å². The molecule has 1 aliphatic heterocycles. The smallest absolute Gasteiger partial charge is 0.0659 e. The summed E-state index contributed by atoms with van der Waals surface area (Å²) in [6, 6.07) is 0.603. The molecule has 2 N–H and O–H groups in total. The van der Waals surface area contributed by atoms with Crippen LogP contribution in [0.15, 0.2) is 0 Å². The summed E-state index contributed by atoms with van der Waals surface area (Å²) in [6.07, 6.45) is 3.84. The molecular weight excluding hydrogens is 188 g/mol. The summed E-state index contributed by atoms with van der Waals surface area (Å²) in [5.74, 6) is 0.943. The number of ether oxygens (including phenoxy) is 1. The van der Waals surface area contributed by atoms with Crippen LogP contribution in [0.2, 0.25) is 0 Å². The van der Waals surface area contributed by atoms with E-state index in [-0.39, 0.29) is 5.54 Å². The van der Waals surface area contributed by atoms with Gasteiger partial charge in [0, 0.05) is 25.7 Å². The van der Waals surface area contributed by atoms with Gasteiger partial charge < -0.3 is 10.5 Å². The summed E-state index contributed by atoms with van der Waals surface area (Å²) in [4.78, 5) is 2.53. The van der Waals surface area contributed by atoms with E-state index in [9.17, 15) is 0 Å². The summed E-state index contributed by atoms with van der Waals surface area (Å²) < 4.78 is 5.41. The van der Waals surface area contributed by atoms with Gasteiger partial charge in [-0.2, -0.15) is 0 Å². The Morgan fingerprint density at radius 2 is 2.20 bits per heavy atom. The predicted octanol–water partition coefficient (Wildman–Crippen LogP) is 1.22. The quantitative estimate of drug-likeness (QED) is 0.745. The van der Waals surface area contributed by atoms with Gasteiger partial charge in [-0.1, -0.05) is 0 Å². The third-order valence-electron chi connectivity index (χ3n) is 3.57. The second-order valence-electron chi connectivity index (χ2n) is 5.63. The first-order valence-corrected chi connectivity index (χ1v) is 6.20. The highest BCUT2D eigenvalue weighted by Gasteiger charge is 2.35. The zero-order chi connectivity index (χ0) is 10.9. The Labute approximate surface area is 93.0 Å². The Kier molecular flexibility index (Phi) is 3.33. The molecule has 2 rings (SSSR count). The van der Waals surface area contributed by atoms with E-state index in [0.29, 0.717) is 6.04 Å². The van der Waals surface area contributed by atoms with Crippen LogP contribution in [-0.4, -0.2) is 42.8 Å². The van der Waals surface area contributed by atoms with E-state index in [2.05, 4.69) is 18.7 Å². The van der Waals surface area contributed by atoms with Crippen molar-refractivity contribution in [2.45, 2.75) is 44.7 Å². The first-order chi connectivity index (χ1) is 7.09. The van der Waals surface area contributed by atoms with E-state index >= 15 is 0 Å². The minimum absolute atomic E-state index is 0.0842. The van der Waals surface area contributed by atoms with Crippen LogP contribution in [0.4, 0.5) is 0 Å². The fraction of sp³-hybridized carbons (Fsp3) is 1.00. The van der Waals surface area contributed by atoms with Crippen molar-refractivity contribution in [2.24, 2.45) is 11.7 Å². The van der Waals surface area contributed by atoms with Crippen LogP contribution in [-0.2, 0) is 4.74 Å². The predicted molar refractivity (Wildman–Crippen MR) is 61.8 cm³/mol. The molecule has 3 nitrogen and oxygen atoms in total. The lowest BCUT2D eigenvalue weighted by atomic mass is 9.98. The Hall–Kier alpha value is -0.120. The Bertz CT molecular complexity index is 208. The van der Waals surface area contributed by atoms with Crippen molar-refractivity contribution < 1.29 is 4.74 Å². The number of rotatable bonds is 5. The number of hydrogen-bond acceptors (Lipinski definition) is 3. The van der Waals surface area contributed by atoms with Crippen LogP contribution in [0.3, 0.4) is 0 Å². The zero-order valence-corrected chi connectivity index (χ0v) is 10.0. The fourth-order valence-electron chi connectivity index (χ4n) is 2.24. The highest BCUT2D eigenvalue weighted by atomic mass is 16.5. The molecule has 1 atom stereocenters. The van der Waals surface area contributed by atoms with E-state index in [1.807, 2.05) is 0 Å². The first kappa shape index (κ1) is 11.4. The Balaban J connectivity index is 1.86. The second-order valence-corrected chi connectivity index (χ2v) is 5.63. The van der Waals surface area contributed by atoms with Gasteiger partial charge in [-0.25, -0.2) is 0 Å². The molecule has 0 aromatic carbocycles. The molecule has 0 spiro atoms. The lowest BCUT2D eigenvalue weighted by Gasteiger charge is -2.34. The van der Waals surface area contributed by atoms with Crippen LogP contribution in [0, 0.1) is 5.92 Å². The Morgan fingerprint density at radius 3 is 2.67 bits per heavy atom. The van der Waals surface area contributed by atoms with E-state index in [1.165, 1.54) is 19.4 Å². The minimum atomic E-state index is -0.0842. The molecule has 2 fully saturated rings. The lowest BCUT2D eigenvalue weighted by molar-refractivity contribution is 0.133. The molecule has 0 aromatic heterocycles. The summed E-state index contributed by atoms with van der Waals surface area (Å²) in [5.41, 5.74) is 6.24. The largest absolute Gasteiger partial charge is 0.379 e. The maximum Gasteiger partial charge on any atom is 0.0659 e. The summed E-state index contributed by atoms with van der Waals surface area (Å²) in [7, 11) is 0. The van der Waals surface area contributed by atoms with Gasteiger partial charge in [0.15, 0.2) is 0 Å². The van der Waals surface area contributed by atoms with Gasteiger partial charge in [-0.3, -0.25) is 4.90 Å². The zero-order valence-electron chi connectivity index (χ0n) is 10.0. The molecule has 1 unspecified atom stereocenters. The van der Waals surface area contributed by atoms with Gasteiger partial charge >= 0.3 is 0 Å². The van der Waals surface area contributed by atoms with Gasteiger partial charge in [0.2, 0.25) is 0 Å². The SMILES string of the molecule is CC(C)N(CC1CC1)CC1(N)CCOC1. The van der Waals surface area contributed by atoms with Crippen molar-refractivity contribution >= 4 is 0 Å². The third kappa shape index (κ3) is 3.16. The molecule has 1 heterocycles. The van der Waals surface area contributed by atoms with Crippen LogP contribution in [0.5, 0.6) is 0 Å². The molecule has 0 aromatic rings. The Morgan fingerprint density at radius 1 is 1.47 bits per heavy atom. The molecule has 0 amide bonds. The molecule has 2 aliphatic rings. The monoisotopic (exact) mass is 212 g/mol. The highest BCUT2D eigenvalue weighted by Crippen LogP contribution is 2.31. The maximum atomic E-state index is 6.33.